The van der Waals surface area contributed by atoms with Gasteiger partial charge in [-0.3, -0.25) is 24.4 Å². The first-order valence-corrected chi connectivity index (χ1v) is 18.6. The molecule has 3 amide bonds. The summed E-state index contributed by atoms with van der Waals surface area (Å²) in [6.07, 6.45) is 12.3. The maximum absolute atomic E-state index is 13.0. The van der Waals surface area contributed by atoms with Crippen molar-refractivity contribution in [1.82, 2.24) is 35.3 Å². The van der Waals surface area contributed by atoms with Gasteiger partial charge in [-0.1, -0.05) is 12.1 Å². The molecule has 0 radical (unpaired) electrons. The first-order valence-electron chi connectivity index (χ1n) is 17.7. The van der Waals surface area contributed by atoms with Crippen molar-refractivity contribution in [3.8, 4) is 17.0 Å². The van der Waals surface area contributed by atoms with Gasteiger partial charge < -0.3 is 20.3 Å². The first-order chi connectivity index (χ1) is 24.4. The number of aromatic nitrogens is 4. The normalized spacial score (nSPS) is 22.1. The number of hydrogen-bond donors (Lipinski definition) is 3. The van der Waals surface area contributed by atoms with E-state index in [1.165, 1.54) is 35.4 Å². The molecule has 0 bridgehead atoms. The van der Waals surface area contributed by atoms with Crippen LogP contribution in [0.1, 0.15) is 83.4 Å². The maximum Gasteiger partial charge on any atom is 0.256 e. The summed E-state index contributed by atoms with van der Waals surface area (Å²) in [6.45, 7) is 1.50. The number of amides is 3. The van der Waals surface area contributed by atoms with Crippen LogP contribution in [-0.2, 0) is 42.8 Å². The lowest BCUT2D eigenvalue weighted by Gasteiger charge is -2.30. The second kappa shape index (κ2) is 13.9. The van der Waals surface area contributed by atoms with Crippen LogP contribution in [0.4, 0.5) is 5.95 Å². The van der Waals surface area contributed by atoms with Crippen LogP contribution in [-0.4, -0.2) is 60.5 Å². The number of nitrogens with one attached hydrogen (secondary N) is 3. The van der Waals surface area contributed by atoms with E-state index in [9.17, 15) is 14.4 Å². The summed E-state index contributed by atoms with van der Waals surface area (Å²) in [7, 11) is 2.02. The average Bonchev–Trinajstić information content (AvgIpc) is 3.62. The smallest absolute Gasteiger partial charge is 0.256 e. The van der Waals surface area contributed by atoms with Crippen LogP contribution in [0.25, 0.3) is 11.3 Å². The first kappa shape index (κ1) is 32.6. The SMILES string of the molecule is Cn1ncc(-c2ccnc(N[C@H]3CC[C@H](NCc4ccc(OCc5scc6c5CN(C5CCC(=O)NC5=O)C6=O)cc4)CC3)n2)c1CC1CC1. The van der Waals surface area contributed by atoms with E-state index in [2.05, 4.69) is 38.2 Å². The number of benzene rings is 1. The number of fused-ring (bicyclic) bond motifs is 1. The summed E-state index contributed by atoms with van der Waals surface area (Å²) in [6, 6.07) is 10.3. The summed E-state index contributed by atoms with van der Waals surface area (Å²) >= 11 is 1.50. The van der Waals surface area contributed by atoms with Gasteiger partial charge in [0.1, 0.15) is 18.4 Å². The molecule has 260 valence electrons. The molecule has 50 heavy (non-hydrogen) atoms. The second-order valence-corrected chi connectivity index (χ2v) is 15.0. The minimum Gasteiger partial charge on any atom is -0.488 e. The molecule has 1 atom stereocenters. The Kier molecular flexibility index (Phi) is 9.09. The lowest BCUT2D eigenvalue weighted by Crippen LogP contribution is -2.52. The Morgan fingerprint density at radius 2 is 1.78 bits per heavy atom. The van der Waals surface area contributed by atoms with Crippen LogP contribution in [0, 0.1) is 5.92 Å². The van der Waals surface area contributed by atoms with Crippen LogP contribution >= 0.6 is 11.3 Å². The predicted molar refractivity (Wildman–Crippen MR) is 188 cm³/mol. The van der Waals surface area contributed by atoms with E-state index in [4.69, 9.17) is 9.72 Å². The lowest BCUT2D eigenvalue weighted by molar-refractivity contribution is -0.136. The summed E-state index contributed by atoms with van der Waals surface area (Å²) in [5, 5.41) is 16.0. The van der Waals surface area contributed by atoms with Crippen LogP contribution in [0.15, 0.2) is 48.1 Å². The number of carbonyl (C=O) groups is 3. The van der Waals surface area contributed by atoms with Gasteiger partial charge in [0.05, 0.1) is 17.5 Å². The average molecular weight is 695 g/mol. The van der Waals surface area contributed by atoms with E-state index in [-0.39, 0.29) is 18.2 Å². The number of anilines is 1. The number of rotatable bonds is 12. The zero-order chi connectivity index (χ0) is 34.2. The third-order valence-electron chi connectivity index (χ3n) is 10.5. The summed E-state index contributed by atoms with van der Waals surface area (Å²) in [5.74, 6) is 1.40. The Balaban J connectivity index is 0.782. The Morgan fingerprint density at radius 3 is 2.56 bits per heavy atom. The number of carbonyl (C=O) groups excluding carboxylic acids is 3. The highest BCUT2D eigenvalue weighted by Crippen LogP contribution is 2.36. The molecule has 3 aromatic heterocycles. The molecular weight excluding hydrogens is 653 g/mol. The second-order valence-electron chi connectivity index (χ2n) is 14.0. The largest absolute Gasteiger partial charge is 0.488 e. The fourth-order valence-corrected chi connectivity index (χ4v) is 8.30. The molecule has 5 heterocycles. The number of imide groups is 1. The standard InChI is InChI=1S/C37H42N8O4S/c1-44-32(16-22-2-3-22)27(18-40-44)30-14-15-38-37(42-30)41-25-8-6-24(7-9-25)39-17-23-4-10-26(11-5-23)49-20-33-28-19-45(36(48)29(28)21-50-33)31-12-13-34(46)43-35(31)47/h4-5,10-11,14-15,18,21-22,24-25,31,39H,2-3,6-9,12-13,16-17,19-20H2,1H3,(H,38,41,42)(H,43,46,47)/t24-,25-,31?. The number of aryl methyl sites for hydroxylation is 1. The molecule has 13 heteroatoms. The minimum absolute atomic E-state index is 0.156. The third kappa shape index (κ3) is 7.02. The van der Waals surface area contributed by atoms with Crippen molar-refractivity contribution in [2.75, 3.05) is 5.32 Å². The Hall–Kier alpha value is -4.62. The van der Waals surface area contributed by atoms with Gasteiger partial charge >= 0.3 is 0 Å². The Bertz CT molecular complexity index is 1890. The van der Waals surface area contributed by atoms with Crippen molar-refractivity contribution >= 4 is 35.0 Å². The van der Waals surface area contributed by atoms with Gasteiger partial charge in [0.15, 0.2) is 0 Å². The van der Waals surface area contributed by atoms with E-state index in [1.54, 1.807) is 4.90 Å². The molecule has 2 saturated carbocycles. The molecular formula is C37H42N8O4S. The topological polar surface area (TPSA) is 143 Å². The molecule has 3 N–H and O–H groups in total. The van der Waals surface area contributed by atoms with Crippen molar-refractivity contribution < 1.29 is 19.1 Å². The van der Waals surface area contributed by atoms with Crippen LogP contribution in [0.2, 0.25) is 0 Å². The van der Waals surface area contributed by atoms with Gasteiger partial charge in [-0.05, 0) is 81.0 Å². The minimum atomic E-state index is -0.611. The number of piperidine rings is 1. The molecule has 1 unspecified atom stereocenters. The van der Waals surface area contributed by atoms with Gasteiger partial charge in [0.25, 0.3) is 5.91 Å². The molecule has 3 fully saturated rings. The fourth-order valence-electron chi connectivity index (χ4n) is 7.36. The van der Waals surface area contributed by atoms with E-state index in [0.29, 0.717) is 43.2 Å². The zero-order valence-corrected chi connectivity index (χ0v) is 29.0. The van der Waals surface area contributed by atoms with E-state index < -0.39 is 11.9 Å². The predicted octanol–water partition coefficient (Wildman–Crippen LogP) is 4.74. The van der Waals surface area contributed by atoms with Gasteiger partial charge in [-0.15, -0.1) is 11.3 Å². The summed E-state index contributed by atoms with van der Waals surface area (Å²) in [4.78, 5) is 48.9. The Labute approximate surface area is 295 Å². The highest BCUT2D eigenvalue weighted by molar-refractivity contribution is 7.10. The van der Waals surface area contributed by atoms with Crippen LogP contribution in [0.5, 0.6) is 5.75 Å². The highest BCUT2D eigenvalue weighted by atomic mass is 32.1. The lowest BCUT2D eigenvalue weighted by atomic mass is 9.91. The van der Waals surface area contributed by atoms with Crippen LogP contribution < -0.4 is 20.7 Å². The van der Waals surface area contributed by atoms with Crippen molar-refractivity contribution in [2.45, 2.75) is 95.6 Å². The molecule has 1 saturated heterocycles. The van der Waals surface area contributed by atoms with Crippen molar-refractivity contribution in [1.29, 1.82) is 0 Å². The van der Waals surface area contributed by atoms with E-state index in [1.807, 2.05) is 47.7 Å². The highest BCUT2D eigenvalue weighted by Gasteiger charge is 2.40. The molecule has 1 aromatic carbocycles. The van der Waals surface area contributed by atoms with Gasteiger partial charge in [0, 0.05) is 71.9 Å². The molecule has 12 nitrogen and oxygen atoms in total. The van der Waals surface area contributed by atoms with Crippen molar-refractivity contribution in [3.05, 3.63) is 75.4 Å². The Morgan fingerprint density at radius 1 is 0.980 bits per heavy atom. The number of ether oxygens (including phenoxy) is 1. The van der Waals surface area contributed by atoms with Gasteiger partial charge in [0.2, 0.25) is 17.8 Å². The number of thiophene rings is 1. The van der Waals surface area contributed by atoms with E-state index >= 15 is 0 Å². The monoisotopic (exact) mass is 694 g/mol. The zero-order valence-electron chi connectivity index (χ0n) is 28.2. The fraction of sp³-hybridized carbons (Fsp3) is 0.459. The number of hydrogen-bond acceptors (Lipinski definition) is 10. The van der Waals surface area contributed by atoms with Crippen molar-refractivity contribution in [2.24, 2.45) is 13.0 Å². The van der Waals surface area contributed by atoms with Crippen molar-refractivity contribution in [3.63, 3.8) is 0 Å². The molecule has 4 aromatic rings. The summed E-state index contributed by atoms with van der Waals surface area (Å²) < 4.78 is 8.10. The maximum atomic E-state index is 13.0. The molecule has 2 aliphatic carbocycles. The van der Waals surface area contributed by atoms with Crippen LogP contribution in [0.3, 0.4) is 0 Å². The van der Waals surface area contributed by atoms with E-state index in [0.717, 1.165) is 72.0 Å². The molecule has 2 aliphatic heterocycles. The van der Waals surface area contributed by atoms with Gasteiger partial charge in [-0.2, -0.15) is 5.10 Å². The quantitative estimate of drug-likeness (QED) is 0.179. The third-order valence-corrected chi connectivity index (χ3v) is 11.5. The molecule has 0 spiro atoms. The molecule has 4 aliphatic rings. The number of nitrogens with zero attached hydrogens (tertiary/aromatic N) is 5. The van der Waals surface area contributed by atoms with Gasteiger partial charge in [-0.25, -0.2) is 9.97 Å². The molecule has 8 rings (SSSR count). The summed E-state index contributed by atoms with van der Waals surface area (Å²) in [5.41, 5.74) is 6.04.